The smallest absolute Gasteiger partial charge is 0.239 e. The summed E-state index contributed by atoms with van der Waals surface area (Å²) < 4.78 is 0. The molecule has 0 amide bonds. The van der Waals surface area contributed by atoms with Crippen molar-refractivity contribution in [3.8, 4) is 0 Å². The van der Waals surface area contributed by atoms with Gasteiger partial charge in [-0.15, -0.1) is 0 Å². The molecular formula is C11H19N5. The number of nitrogens with two attached hydrogens (primary N) is 1. The van der Waals surface area contributed by atoms with E-state index in [0.29, 0.717) is 11.9 Å². The Hall–Kier alpha value is -1.36. The van der Waals surface area contributed by atoms with Crippen molar-refractivity contribution in [1.82, 2.24) is 9.97 Å². The predicted octanol–water partition coefficient (Wildman–Crippen LogP) is 1.53. The van der Waals surface area contributed by atoms with Crippen molar-refractivity contribution >= 4 is 11.8 Å². The average Bonchev–Trinajstić information content (AvgIpc) is 3.11. The van der Waals surface area contributed by atoms with Crippen LogP contribution in [0, 0.1) is 18.8 Å². The molecule has 1 aromatic heterocycles. The largest absolute Gasteiger partial charge is 0.369 e. The highest BCUT2D eigenvalue weighted by molar-refractivity contribution is 5.46. The van der Waals surface area contributed by atoms with Gasteiger partial charge in [0.2, 0.25) is 5.95 Å². The minimum absolute atomic E-state index is 0.451. The zero-order chi connectivity index (χ0) is 11.5. The van der Waals surface area contributed by atoms with E-state index in [4.69, 9.17) is 5.84 Å². The van der Waals surface area contributed by atoms with Gasteiger partial charge in [-0.25, -0.2) is 10.8 Å². The molecule has 4 N–H and O–H groups in total. The maximum absolute atomic E-state index is 5.28. The van der Waals surface area contributed by atoms with Crippen molar-refractivity contribution in [2.45, 2.75) is 26.7 Å². The first-order valence-corrected chi connectivity index (χ1v) is 5.75. The predicted molar refractivity (Wildman–Crippen MR) is 65.0 cm³/mol. The third-order valence-electron chi connectivity index (χ3n) is 3.12. The molecular weight excluding hydrogens is 202 g/mol. The molecule has 1 aliphatic rings. The molecule has 16 heavy (non-hydrogen) atoms. The van der Waals surface area contributed by atoms with Gasteiger partial charge in [-0.3, -0.25) is 5.43 Å². The van der Waals surface area contributed by atoms with Crippen LogP contribution in [0.1, 0.15) is 25.3 Å². The Balaban J connectivity index is 1.96. The van der Waals surface area contributed by atoms with E-state index in [1.807, 2.05) is 6.92 Å². The fraction of sp³-hybridized carbons (Fsp3) is 0.636. The lowest BCUT2D eigenvalue weighted by atomic mass is 10.1. The maximum Gasteiger partial charge on any atom is 0.239 e. The van der Waals surface area contributed by atoms with E-state index in [1.165, 1.54) is 12.8 Å². The molecule has 88 valence electrons. The van der Waals surface area contributed by atoms with Gasteiger partial charge in [0.1, 0.15) is 5.82 Å². The van der Waals surface area contributed by atoms with Gasteiger partial charge in [-0.1, -0.05) is 6.92 Å². The van der Waals surface area contributed by atoms with Gasteiger partial charge in [-0.05, 0) is 31.6 Å². The third-order valence-corrected chi connectivity index (χ3v) is 3.12. The first-order valence-electron chi connectivity index (χ1n) is 5.75. The second-order valence-corrected chi connectivity index (χ2v) is 4.57. The highest BCUT2D eigenvalue weighted by Crippen LogP contribution is 2.36. The summed E-state index contributed by atoms with van der Waals surface area (Å²) >= 11 is 0. The molecule has 1 fully saturated rings. The normalized spacial score (nSPS) is 16.9. The summed E-state index contributed by atoms with van der Waals surface area (Å²) in [5, 5.41) is 3.36. The Morgan fingerprint density at radius 2 is 2.31 bits per heavy atom. The highest BCUT2D eigenvalue weighted by Gasteiger charge is 2.27. The highest BCUT2D eigenvalue weighted by atomic mass is 15.3. The number of nitrogens with zero attached hydrogens (tertiary/aromatic N) is 2. The van der Waals surface area contributed by atoms with Crippen molar-refractivity contribution in [2.24, 2.45) is 17.7 Å². The number of aryl methyl sites for hydroxylation is 1. The number of hydrogen-bond acceptors (Lipinski definition) is 5. The molecule has 0 aromatic carbocycles. The van der Waals surface area contributed by atoms with Crippen LogP contribution in [0.25, 0.3) is 0 Å². The minimum atomic E-state index is 0.451. The molecule has 2 rings (SSSR count). The fourth-order valence-electron chi connectivity index (χ4n) is 1.78. The number of nitrogen functional groups attached to an aromatic ring is 1. The third kappa shape index (κ3) is 2.61. The molecule has 0 aliphatic heterocycles. The van der Waals surface area contributed by atoms with Crippen LogP contribution in [0.5, 0.6) is 0 Å². The van der Waals surface area contributed by atoms with Crippen molar-refractivity contribution in [3.05, 3.63) is 11.8 Å². The Bertz CT molecular complexity index is 361. The number of nitrogens with one attached hydrogen (secondary N) is 2. The first-order chi connectivity index (χ1) is 7.70. The summed E-state index contributed by atoms with van der Waals surface area (Å²) in [6.45, 7) is 5.24. The zero-order valence-corrected chi connectivity index (χ0v) is 9.83. The molecule has 0 spiro atoms. The van der Waals surface area contributed by atoms with Crippen molar-refractivity contribution in [1.29, 1.82) is 0 Å². The van der Waals surface area contributed by atoms with Crippen LogP contribution in [0.15, 0.2) is 6.20 Å². The van der Waals surface area contributed by atoms with Gasteiger partial charge in [-0.2, -0.15) is 4.98 Å². The van der Waals surface area contributed by atoms with Gasteiger partial charge >= 0.3 is 0 Å². The molecule has 0 saturated heterocycles. The molecule has 1 saturated carbocycles. The number of rotatable bonds is 5. The standard InChI is InChI=1S/C11H19N5/c1-7(9-3-4-9)5-13-10-8(2)6-14-11(15-10)16-12/h6-7,9H,3-5,12H2,1-2H3,(H2,13,14,15,16). The summed E-state index contributed by atoms with van der Waals surface area (Å²) in [5.74, 6) is 8.22. The summed E-state index contributed by atoms with van der Waals surface area (Å²) in [6, 6.07) is 0. The molecule has 5 heteroatoms. The van der Waals surface area contributed by atoms with E-state index < -0.39 is 0 Å². The number of hydrogen-bond donors (Lipinski definition) is 3. The molecule has 5 nitrogen and oxygen atoms in total. The van der Waals surface area contributed by atoms with E-state index in [-0.39, 0.29) is 0 Å². The van der Waals surface area contributed by atoms with Crippen molar-refractivity contribution < 1.29 is 0 Å². The summed E-state index contributed by atoms with van der Waals surface area (Å²) in [7, 11) is 0. The van der Waals surface area contributed by atoms with Gasteiger partial charge in [0.05, 0.1) is 0 Å². The Kier molecular flexibility index (Phi) is 3.24. The van der Waals surface area contributed by atoms with E-state index in [9.17, 15) is 0 Å². The van der Waals surface area contributed by atoms with Crippen LogP contribution >= 0.6 is 0 Å². The molecule has 0 radical (unpaired) electrons. The first kappa shape index (κ1) is 11.1. The average molecular weight is 221 g/mol. The van der Waals surface area contributed by atoms with Crippen LogP contribution < -0.4 is 16.6 Å². The van der Waals surface area contributed by atoms with Crippen LogP contribution in [0.4, 0.5) is 11.8 Å². The Labute approximate surface area is 95.8 Å². The topological polar surface area (TPSA) is 75.9 Å². The van der Waals surface area contributed by atoms with Gasteiger partial charge in [0, 0.05) is 18.3 Å². The lowest BCUT2D eigenvalue weighted by Gasteiger charge is -2.13. The summed E-state index contributed by atoms with van der Waals surface area (Å²) in [5.41, 5.74) is 3.50. The molecule has 1 heterocycles. The molecule has 1 unspecified atom stereocenters. The lowest BCUT2D eigenvalue weighted by Crippen LogP contribution is -2.16. The lowest BCUT2D eigenvalue weighted by molar-refractivity contribution is 0.535. The Morgan fingerprint density at radius 3 is 2.94 bits per heavy atom. The van der Waals surface area contributed by atoms with Crippen LogP contribution in [-0.4, -0.2) is 16.5 Å². The Morgan fingerprint density at radius 1 is 1.56 bits per heavy atom. The molecule has 0 bridgehead atoms. The van der Waals surface area contributed by atoms with Crippen molar-refractivity contribution in [3.63, 3.8) is 0 Å². The minimum Gasteiger partial charge on any atom is -0.369 e. The second kappa shape index (κ2) is 4.65. The van der Waals surface area contributed by atoms with Gasteiger partial charge in [0.15, 0.2) is 0 Å². The number of aromatic nitrogens is 2. The molecule has 1 aliphatic carbocycles. The van der Waals surface area contributed by atoms with E-state index in [2.05, 4.69) is 27.6 Å². The molecule has 1 atom stereocenters. The van der Waals surface area contributed by atoms with Crippen molar-refractivity contribution in [2.75, 3.05) is 17.3 Å². The number of anilines is 2. The second-order valence-electron chi connectivity index (χ2n) is 4.57. The van der Waals surface area contributed by atoms with E-state index in [1.54, 1.807) is 6.20 Å². The fourth-order valence-corrected chi connectivity index (χ4v) is 1.78. The SMILES string of the molecule is Cc1cnc(NN)nc1NCC(C)C1CC1. The maximum atomic E-state index is 5.28. The van der Waals surface area contributed by atoms with Crippen LogP contribution in [0.3, 0.4) is 0 Å². The monoisotopic (exact) mass is 221 g/mol. The summed E-state index contributed by atoms with van der Waals surface area (Å²) in [6.07, 6.45) is 4.52. The quantitative estimate of drug-likeness (QED) is 0.519. The van der Waals surface area contributed by atoms with E-state index in [0.717, 1.165) is 23.8 Å². The van der Waals surface area contributed by atoms with Crippen LogP contribution in [0.2, 0.25) is 0 Å². The number of hydrazine groups is 1. The van der Waals surface area contributed by atoms with Gasteiger partial charge in [0.25, 0.3) is 0 Å². The van der Waals surface area contributed by atoms with Crippen LogP contribution in [-0.2, 0) is 0 Å². The van der Waals surface area contributed by atoms with E-state index >= 15 is 0 Å². The summed E-state index contributed by atoms with van der Waals surface area (Å²) in [4.78, 5) is 8.33. The van der Waals surface area contributed by atoms with Gasteiger partial charge < -0.3 is 5.32 Å². The zero-order valence-electron chi connectivity index (χ0n) is 9.83. The molecule has 1 aromatic rings.